The van der Waals surface area contributed by atoms with Crippen LogP contribution in [0.2, 0.25) is 5.02 Å². The van der Waals surface area contributed by atoms with E-state index in [0.717, 1.165) is 11.3 Å². The highest BCUT2D eigenvalue weighted by Gasteiger charge is 2.15. The molecule has 0 radical (unpaired) electrons. The molecule has 0 fully saturated rings. The average molecular weight is 258 g/mol. The van der Waals surface area contributed by atoms with Gasteiger partial charge in [0.15, 0.2) is 11.5 Å². The quantitative estimate of drug-likeness (QED) is 0.855. The molecule has 1 aliphatic rings. The van der Waals surface area contributed by atoms with Gasteiger partial charge in [0.05, 0.1) is 6.10 Å². The van der Waals surface area contributed by atoms with Crippen molar-refractivity contribution in [2.75, 3.05) is 19.8 Å². The van der Waals surface area contributed by atoms with Crippen molar-refractivity contribution in [3.63, 3.8) is 0 Å². The minimum Gasteiger partial charge on any atom is -0.486 e. The van der Waals surface area contributed by atoms with Crippen molar-refractivity contribution < 1.29 is 14.6 Å². The largest absolute Gasteiger partial charge is 0.486 e. The van der Waals surface area contributed by atoms with Crippen LogP contribution in [0, 0.1) is 0 Å². The number of fused-ring (bicyclic) bond motifs is 1. The molecule has 0 saturated heterocycles. The highest BCUT2D eigenvalue weighted by atomic mass is 35.5. The number of rotatable bonds is 4. The van der Waals surface area contributed by atoms with Gasteiger partial charge in [-0.1, -0.05) is 11.6 Å². The van der Waals surface area contributed by atoms with Crippen LogP contribution in [-0.4, -0.2) is 31.0 Å². The van der Waals surface area contributed by atoms with Crippen molar-refractivity contribution in [2.45, 2.75) is 18.9 Å². The molecular formula is C12H16ClNO3. The molecule has 0 bridgehead atoms. The Bertz CT molecular complexity index is 398. The fraction of sp³-hybridized carbons (Fsp3) is 0.500. The summed E-state index contributed by atoms with van der Waals surface area (Å²) in [5, 5.41) is 10.1. The second-order valence-electron chi connectivity index (χ2n) is 4.02. The normalized spacial score (nSPS) is 15.7. The number of benzene rings is 1. The minimum absolute atomic E-state index is 0.266. The highest BCUT2D eigenvalue weighted by Crippen LogP contribution is 2.35. The number of aliphatic hydroxyl groups excluding tert-OH is 1. The zero-order valence-corrected chi connectivity index (χ0v) is 10.2. The van der Waals surface area contributed by atoms with Crippen LogP contribution in [-0.2, 0) is 6.42 Å². The summed E-state index contributed by atoms with van der Waals surface area (Å²) in [6.45, 7) is 1.37. The van der Waals surface area contributed by atoms with E-state index < -0.39 is 6.10 Å². The molecule has 1 aliphatic heterocycles. The molecule has 2 rings (SSSR count). The van der Waals surface area contributed by atoms with E-state index in [2.05, 4.69) is 0 Å². The lowest BCUT2D eigenvalue weighted by molar-refractivity contribution is 0.169. The van der Waals surface area contributed by atoms with Gasteiger partial charge in [-0.05, 0) is 24.5 Å². The van der Waals surface area contributed by atoms with Crippen molar-refractivity contribution in [1.29, 1.82) is 0 Å². The van der Waals surface area contributed by atoms with Gasteiger partial charge in [0, 0.05) is 17.6 Å². The summed E-state index contributed by atoms with van der Waals surface area (Å²) >= 11 is 6.14. The Kier molecular flexibility index (Phi) is 4.10. The van der Waals surface area contributed by atoms with E-state index in [1.165, 1.54) is 0 Å². The van der Waals surface area contributed by atoms with Gasteiger partial charge in [0.1, 0.15) is 13.2 Å². The van der Waals surface area contributed by atoms with E-state index in [0.29, 0.717) is 36.8 Å². The highest BCUT2D eigenvalue weighted by molar-refractivity contribution is 6.31. The van der Waals surface area contributed by atoms with Crippen molar-refractivity contribution in [1.82, 2.24) is 0 Å². The number of aliphatic hydroxyl groups is 1. The van der Waals surface area contributed by atoms with E-state index >= 15 is 0 Å². The first-order valence-electron chi connectivity index (χ1n) is 5.67. The van der Waals surface area contributed by atoms with Gasteiger partial charge < -0.3 is 20.3 Å². The predicted molar refractivity (Wildman–Crippen MR) is 65.8 cm³/mol. The van der Waals surface area contributed by atoms with Crippen LogP contribution in [0.15, 0.2) is 12.1 Å². The van der Waals surface area contributed by atoms with Gasteiger partial charge in [-0.15, -0.1) is 0 Å². The lowest BCUT2D eigenvalue weighted by Gasteiger charge is -2.20. The van der Waals surface area contributed by atoms with Crippen molar-refractivity contribution in [3.05, 3.63) is 22.7 Å². The number of halogens is 1. The second-order valence-corrected chi connectivity index (χ2v) is 4.42. The standard InChI is InChI=1S/C12H16ClNO3/c13-10-6-12-11(16-3-4-17-12)5-8(10)1-2-9(15)7-14/h5-6,9,15H,1-4,7,14H2. The van der Waals surface area contributed by atoms with Gasteiger partial charge in [0.2, 0.25) is 0 Å². The van der Waals surface area contributed by atoms with Crippen LogP contribution >= 0.6 is 11.6 Å². The Balaban J connectivity index is 2.11. The van der Waals surface area contributed by atoms with Gasteiger partial charge >= 0.3 is 0 Å². The van der Waals surface area contributed by atoms with E-state index in [9.17, 15) is 5.11 Å². The maximum absolute atomic E-state index is 9.42. The van der Waals surface area contributed by atoms with Gasteiger partial charge in [-0.25, -0.2) is 0 Å². The van der Waals surface area contributed by atoms with Gasteiger partial charge in [-0.3, -0.25) is 0 Å². The minimum atomic E-state index is -0.487. The van der Waals surface area contributed by atoms with E-state index in [1.807, 2.05) is 6.07 Å². The summed E-state index contributed by atoms with van der Waals surface area (Å²) in [5.74, 6) is 1.40. The number of nitrogens with two attached hydrogens (primary N) is 1. The topological polar surface area (TPSA) is 64.7 Å². The second kappa shape index (κ2) is 5.58. The summed E-state index contributed by atoms with van der Waals surface area (Å²) in [6, 6.07) is 3.64. The van der Waals surface area contributed by atoms with E-state index in [4.69, 9.17) is 26.8 Å². The Morgan fingerprint density at radius 3 is 2.59 bits per heavy atom. The van der Waals surface area contributed by atoms with E-state index in [-0.39, 0.29) is 6.54 Å². The summed E-state index contributed by atoms with van der Waals surface area (Å²) in [4.78, 5) is 0. The third-order valence-corrected chi connectivity index (χ3v) is 3.08. The monoisotopic (exact) mass is 257 g/mol. The molecule has 94 valence electrons. The Labute approximate surface area is 105 Å². The molecule has 1 atom stereocenters. The number of hydrogen-bond donors (Lipinski definition) is 2. The predicted octanol–water partition coefficient (Wildman–Crippen LogP) is 1.36. The molecule has 1 aromatic carbocycles. The van der Waals surface area contributed by atoms with Crippen molar-refractivity contribution in [2.24, 2.45) is 5.73 Å². The summed E-state index contributed by atoms with van der Waals surface area (Å²) in [7, 11) is 0. The fourth-order valence-electron chi connectivity index (χ4n) is 1.74. The SMILES string of the molecule is NCC(O)CCc1cc2c(cc1Cl)OCCO2. The molecule has 0 spiro atoms. The molecule has 3 N–H and O–H groups in total. The molecule has 4 nitrogen and oxygen atoms in total. The first-order valence-corrected chi connectivity index (χ1v) is 6.04. The maximum atomic E-state index is 9.42. The molecule has 5 heteroatoms. The lowest BCUT2D eigenvalue weighted by Crippen LogP contribution is -2.20. The number of ether oxygens (including phenoxy) is 2. The van der Waals surface area contributed by atoms with E-state index in [1.54, 1.807) is 6.07 Å². The van der Waals surface area contributed by atoms with Crippen LogP contribution in [0.4, 0.5) is 0 Å². The van der Waals surface area contributed by atoms with Gasteiger partial charge in [-0.2, -0.15) is 0 Å². The Morgan fingerprint density at radius 1 is 1.29 bits per heavy atom. The van der Waals surface area contributed by atoms with Crippen LogP contribution in [0.5, 0.6) is 11.5 Å². The third-order valence-electron chi connectivity index (χ3n) is 2.73. The van der Waals surface area contributed by atoms with Crippen LogP contribution in [0.1, 0.15) is 12.0 Å². The van der Waals surface area contributed by atoms with Crippen LogP contribution in [0.3, 0.4) is 0 Å². The number of aryl methyl sites for hydroxylation is 1. The lowest BCUT2D eigenvalue weighted by atomic mass is 10.1. The van der Waals surface area contributed by atoms with Crippen molar-refractivity contribution >= 4 is 11.6 Å². The molecule has 17 heavy (non-hydrogen) atoms. The summed E-state index contributed by atoms with van der Waals surface area (Å²) in [6.07, 6.45) is 0.781. The first-order chi connectivity index (χ1) is 8.20. The smallest absolute Gasteiger partial charge is 0.162 e. The molecule has 0 amide bonds. The molecule has 1 unspecified atom stereocenters. The molecule has 0 saturated carbocycles. The molecule has 1 aromatic rings. The van der Waals surface area contributed by atoms with Crippen molar-refractivity contribution in [3.8, 4) is 11.5 Å². The van der Waals surface area contributed by atoms with Gasteiger partial charge in [0.25, 0.3) is 0 Å². The zero-order chi connectivity index (χ0) is 12.3. The molecule has 0 aromatic heterocycles. The molecular weight excluding hydrogens is 242 g/mol. The third kappa shape index (κ3) is 3.03. The average Bonchev–Trinajstić information content (AvgIpc) is 2.35. The molecule has 0 aliphatic carbocycles. The van der Waals surface area contributed by atoms with Crippen LogP contribution in [0.25, 0.3) is 0 Å². The Morgan fingerprint density at radius 2 is 1.94 bits per heavy atom. The first kappa shape index (κ1) is 12.5. The number of hydrogen-bond acceptors (Lipinski definition) is 4. The summed E-state index contributed by atoms with van der Waals surface area (Å²) in [5.41, 5.74) is 6.31. The molecule has 1 heterocycles. The Hall–Kier alpha value is -0.970. The summed E-state index contributed by atoms with van der Waals surface area (Å²) < 4.78 is 10.9. The maximum Gasteiger partial charge on any atom is 0.162 e. The zero-order valence-electron chi connectivity index (χ0n) is 9.49. The fourth-order valence-corrected chi connectivity index (χ4v) is 1.99. The van der Waals surface area contributed by atoms with Crippen LogP contribution < -0.4 is 15.2 Å².